The van der Waals surface area contributed by atoms with E-state index in [1.807, 2.05) is 0 Å². The summed E-state index contributed by atoms with van der Waals surface area (Å²) in [6.45, 7) is 0. The molecule has 5 nitrogen and oxygen atoms in total. The van der Waals surface area contributed by atoms with Crippen molar-refractivity contribution in [3.8, 4) is 0 Å². The third-order valence-corrected chi connectivity index (χ3v) is 2.96. The van der Waals surface area contributed by atoms with Gasteiger partial charge in [-0.05, 0) is 12.1 Å². The average Bonchev–Trinajstić information content (AvgIpc) is 2.97. The molecule has 0 amide bonds. The summed E-state index contributed by atoms with van der Waals surface area (Å²) in [5.41, 5.74) is 0. The van der Waals surface area contributed by atoms with Gasteiger partial charge < -0.3 is 4.42 Å². The molecule has 0 radical (unpaired) electrons. The largest absolute Gasteiger partial charge is 0.456 e. The monoisotopic (exact) mass is 284 g/mol. The minimum Gasteiger partial charge on any atom is -0.456 e. The summed E-state index contributed by atoms with van der Waals surface area (Å²) < 4.78 is 43.3. The van der Waals surface area contributed by atoms with E-state index in [9.17, 15) is 18.0 Å². The highest BCUT2D eigenvalue weighted by Crippen LogP contribution is 2.31. The first-order valence-electron chi connectivity index (χ1n) is 5.77. The molecule has 8 heteroatoms. The molecule has 0 saturated carbocycles. The second-order valence-electron chi connectivity index (χ2n) is 4.33. The van der Waals surface area contributed by atoms with Crippen LogP contribution in [0.1, 0.15) is 16.3 Å². The van der Waals surface area contributed by atoms with Crippen LogP contribution < -0.4 is 9.88 Å². The molecular formula is C12H9F3N3O2+. The van der Waals surface area contributed by atoms with Crippen molar-refractivity contribution in [2.75, 3.05) is 5.32 Å². The maximum atomic E-state index is 12.4. The predicted octanol–water partition coefficient (Wildman–Crippen LogP) is 1.66. The minimum absolute atomic E-state index is 0.0383. The van der Waals surface area contributed by atoms with Gasteiger partial charge in [-0.1, -0.05) is 0 Å². The Morgan fingerprint density at radius 3 is 2.85 bits per heavy atom. The number of halogens is 3. The average molecular weight is 284 g/mol. The molecule has 1 unspecified atom stereocenters. The quantitative estimate of drug-likeness (QED) is 0.852. The molecule has 1 N–H and O–H groups in total. The van der Waals surface area contributed by atoms with Crippen molar-refractivity contribution in [2.45, 2.75) is 18.6 Å². The fraction of sp³-hybridized carbons (Fsp3) is 0.250. The number of fused-ring (bicyclic) bond motifs is 1. The van der Waals surface area contributed by atoms with E-state index in [1.165, 1.54) is 29.2 Å². The Bertz CT molecular complexity index is 666. The number of hydrogen-bond donors (Lipinski definition) is 1. The second-order valence-corrected chi connectivity index (χ2v) is 4.33. The Morgan fingerprint density at radius 2 is 2.20 bits per heavy atom. The van der Waals surface area contributed by atoms with E-state index in [2.05, 4.69) is 10.3 Å². The molecule has 1 atom stereocenters. The van der Waals surface area contributed by atoms with Crippen LogP contribution in [0.15, 0.2) is 35.1 Å². The summed E-state index contributed by atoms with van der Waals surface area (Å²) in [5.74, 6) is -0.716. The van der Waals surface area contributed by atoms with Crippen molar-refractivity contribution >= 4 is 11.7 Å². The summed E-state index contributed by atoms with van der Waals surface area (Å²) in [6, 6.07) is 1.42. The van der Waals surface area contributed by atoms with Crippen LogP contribution in [-0.4, -0.2) is 16.9 Å². The number of rotatable bonds is 2. The first kappa shape index (κ1) is 12.6. The molecule has 0 saturated heterocycles. The van der Waals surface area contributed by atoms with Gasteiger partial charge in [0.1, 0.15) is 18.2 Å². The van der Waals surface area contributed by atoms with Crippen LogP contribution in [0.4, 0.5) is 19.0 Å². The molecule has 1 aliphatic rings. The summed E-state index contributed by atoms with van der Waals surface area (Å²) in [7, 11) is 0. The van der Waals surface area contributed by atoms with E-state index < -0.39 is 18.0 Å². The normalized spacial score (nSPS) is 17.9. The minimum atomic E-state index is -4.52. The van der Waals surface area contributed by atoms with Crippen LogP contribution in [0.25, 0.3) is 0 Å². The third kappa shape index (κ3) is 2.13. The lowest BCUT2D eigenvalue weighted by Gasteiger charge is -2.02. The van der Waals surface area contributed by atoms with E-state index in [0.29, 0.717) is 5.82 Å². The predicted molar refractivity (Wildman–Crippen MR) is 59.9 cm³/mol. The van der Waals surface area contributed by atoms with Crippen LogP contribution in [0.3, 0.4) is 0 Å². The summed E-state index contributed by atoms with van der Waals surface area (Å²) in [4.78, 5) is 15.9. The lowest BCUT2D eigenvalue weighted by atomic mass is 10.2. The van der Waals surface area contributed by atoms with Gasteiger partial charge >= 0.3 is 17.9 Å². The van der Waals surface area contributed by atoms with Crippen molar-refractivity contribution in [1.82, 2.24) is 4.98 Å². The Labute approximate surface area is 111 Å². The number of furan rings is 1. The molecule has 0 bridgehead atoms. The second kappa shape index (κ2) is 4.32. The Hall–Kier alpha value is -2.38. The third-order valence-electron chi connectivity index (χ3n) is 2.96. The van der Waals surface area contributed by atoms with Gasteiger partial charge in [0.2, 0.25) is 11.8 Å². The first-order chi connectivity index (χ1) is 9.45. The first-order valence-corrected chi connectivity index (χ1v) is 5.77. The Balaban J connectivity index is 1.77. The Morgan fingerprint density at radius 1 is 1.40 bits per heavy atom. The molecule has 0 fully saturated rings. The van der Waals surface area contributed by atoms with Gasteiger partial charge in [-0.2, -0.15) is 17.7 Å². The zero-order chi connectivity index (χ0) is 14.3. The van der Waals surface area contributed by atoms with Gasteiger partial charge in [0.15, 0.2) is 0 Å². The number of anilines is 1. The number of aromatic nitrogens is 2. The number of hydrogen-bond acceptors (Lipinski definition) is 4. The van der Waals surface area contributed by atoms with E-state index >= 15 is 0 Å². The molecule has 2 aromatic rings. The van der Waals surface area contributed by atoms with Gasteiger partial charge in [0.05, 0.1) is 12.6 Å². The van der Waals surface area contributed by atoms with Crippen LogP contribution in [-0.2, 0) is 12.6 Å². The number of nitrogens with zero attached hydrogens (tertiary/aromatic N) is 2. The van der Waals surface area contributed by atoms with Crippen LogP contribution in [0, 0.1) is 0 Å². The molecule has 104 valence electrons. The molecule has 2 aromatic heterocycles. The van der Waals surface area contributed by atoms with Crippen molar-refractivity contribution < 1.29 is 27.0 Å². The highest BCUT2D eigenvalue weighted by atomic mass is 19.4. The highest BCUT2D eigenvalue weighted by Gasteiger charge is 2.40. The zero-order valence-electron chi connectivity index (χ0n) is 10.0. The summed E-state index contributed by atoms with van der Waals surface area (Å²) in [5, 5.41) is 2.89. The fourth-order valence-electron chi connectivity index (χ4n) is 2.05. The molecule has 3 heterocycles. The van der Waals surface area contributed by atoms with Crippen molar-refractivity contribution in [3.63, 3.8) is 0 Å². The van der Waals surface area contributed by atoms with Crippen LogP contribution >= 0.6 is 0 Å². The summed E-state index contributed by atoms with van der Waals surface area (Å²) >= 11 is 0. The smallest absolute Gasteiger partial charge is 0.449 e. The number of nitrogens with one attached hydrogen (secondary N) is 1. The maximum Gasteiger partial charge on any atom is 0.449 e. The van der Waals surface area contributed by atoms with Crippen LogP contribution in [0.5, 0.6) is 0 Å². The Kier molecular flexibility index (Phi) is 2.73. The van der Waals surface area contributed by atoms with Crippen molar-refractivity contribution in [2.24, 2.45) is 0 Å². The van der Waals surface area contributed by atoms with Gasteiger partial charge in [0, 0.05) is 0 Å². The van der Waals surface area contributed by atoms with Crippen molar-refractivity contribution in [1.29, 1.82) is 0 Å². The van der Waals surface area contributed by atoms with Crippen LogP contribution in [0.2, 0.25) is 0 Å². The maximum absolute atomic E-state index is 12.4. The molecule has 0 aromatic carbocycles. The topological polar surface area (TPSA) is 59.0 Å². The van der Waals surface area contributed by atoms with Crippen molar-refractivity contribution in [3.05, 3.63) is 42.2 Å². The van der Waals surface area contributed by atoms with E-state index in [1.54, 1.807) is 0 Å². The van der Waals surface area contributed by atoms with E-state index in [0.717, 1.165) is 6.07 Å². The van der Waals surface area contributed by atoms with Gasteiger partial charge in [-0.15, -0.1) is 0 Å². The zero-order valence-corrected chi connectivity index (χ0v) is 10.0. The molecule has 3 rings (SSSR count). The number of carbonyl (C=O) groups excluding carboxylic acids is 1. The standard InChI is InChI=1S/C12H8F3N3O2/c13-12(14,15)9-2-1-7(20-9)5-8-11(19)18-4-3-16-6-10(18)17-8/h1-4,6,8H,5H2/p+1. The number of alkyl halides is 3. The molecule has 1 aliphatic heterocycles. The number of carbonyl (C=O) groups is 1. The lowest BCUT2D eigenvalue weighted by Crippen LogP contribution is -2.43. The van der Waals surface area contributed by atoms with E-state index in [4.69, 9.17) is 4.42 Å². The lowest BCUT2D eigenvalue weighted by molar-refractivity contribution is -0.553. The van der Waals surface area contributed by atoms with Gasteiger partial charge in [-0.3, -0.25) is 10.3 Å². The molecule has 0 aliphatic carbocycles. The molecular weight excluding hydrogens is 275 g/mol. The highest BCUT2D eigenvalue weighted by molar-refractivity contribution is 5.81. The van der Waals surface area contributed by atoms with Gasteiger partial charge in [-0.25, -0.2) is 4.79 Å². The van der Waals surface area contributed by atoms with Gasteiger partial charge in [0.25, 0.3) is 0 Å². The summed E-state index contributed by atoms with van der Waals surface area (Å²) in [6.07, 6.45) is -0.0567. The van der Waals surface area contributed by atoms with E-state index in [-0.39, 0.29) is 18.1 Å². The fourth-order valence-corrected chi connectivity index (χ4v) is 2.05. The molecule has 0 spiro atoms. The molecule has 20 heavy (non-hydrogen) atoms. The SMILES string of the molecule is O=C1C(Cc2ccc(C(F)(F)F)o2)Nc2cncc[n+]21.